The summed E-state index contributed by atoms with van der Waals surface area (Å²) in [5, 5.41) is 0. The number of methoxy groups -OCH3 is 1. The van der Waals surface area contributed by atoms with Crippen molar-refractivity contribution in [1.29, 1.82) is 0 Å². The Morgan fingerprint density at radius 1 is 1.07 bits per heavy atom. The molecule has 0 aliphatic carbocycles. The number of ether oxygens (including phenoxy) is 1. The molecule has 0 atom stereocenters. The Balaban J connectivity index is 1.61. The third-order valence-electron chi connectivity index (χ3n) is 4.18. The minimum Gasteiger partial charge on any atom is -0.496 e. The van der Waals surface area contributed by atoms with Gasteiger partial charge < -0.3 is 9.64 Å². The number of hydrogen-bond acceptors (Lipinski definition) is 4. The highest BCUT2D eigenvalue weighted by molar-refractivity contribution is 7.98. The number of nitrogens with zero attached hydrogens (tertiary/aromatic N) is 2. The maximum Gasteiger partial charge on any atom is 0.253 e. The molecule has 27 heavy (non-hydrogen) atoms. The van der Waals surface area contributed by atoms with E-state index in [1.807, 2.05) is 60.8 Å². The fourth-order valence-electron chi connectivity index (χ4n) is 2.73. The van der Waals surface area contributed by atoms with Gasteiger partial charge in [-0.25, -0.2) is 0 Å². The van der Waals surface area contributed by atoms with Crippen LogP contribution in [0.25, 0.3) is 0 Å². The molecule has 1 heterocycles. The Morgan fingerprint density at radius 2 is 1.85 bits per heavy atom. The maximum atomic E-state index is 12.7. The van der Waals surface area contributed by atoms with Crippen molar-refractivity contribution in [3.63, 3.8) is 0 Å². The summed E-state index contributed by atoms with van der Waals surface area (Å²) in [5.41, 5.74) is 2.84. The standard InChI is InChI=1S/C22H22N2O2S/c1-24(15-19-7-3-4-8-21(19)26-2)22(25)18-9-11-20(12-10-18)27-16-17-6-5-13-23-14-17/h3-14H,15-16H2,1-2H3. The molecule has 0 aliphatic rings. The molecule has 5 heteroatoms. The Hall–Kier alpha value is -2.79. The summed E-state index contributed by atoms with van der Waals surface area (Å²) in [6.45, 7) is 0.500. The Bertz CT molecular complexity index is 882. The molecule has 1 amide bonds. The average molecular weight is 378 g/mol. The van der Waals surface area contributed by atoms with Gasteiger partial charge in [0, 0.05) is 47.8 Å². The van der Waals surface area contributed by atoms with Crippen LogP contribution in [-0.2, 0) is 12.3 Å². The molecule has 0 saturated heterocycles. The summed E-state index contributed by atoms with van der Waals surface area (Å²) >= 11 is 1.73. The molecule has 4 nitrogen and oxygen atoms in total. The van der Waals surface area contributed by atoms with Crippen LogP contribution in [0.4, 0.5) is 0 Å². The summed E-state index contributed by atoms with van der Waals surface area (Å²) in [5.74, 6) is 1.64. The summed E-state index contributed by atoms with van der Waals surface area (Å²) < 4.78 is 5.37. The number of carbonyl (C=O) groups is 1. The third-order valence-corrected chi connectivity index (χ3v) is 5.26. The molecule has 0 fully saturated rings. The van der Waals surface area contributed by atoms with Crippen molar-refractivity contribution in [3.05, 3.63) is 89.7 Å². The van der Waals surface area contributed by atoms with Gasteiger partial charge in [-0.15, -0.1) is 11.8 Å². The molecule has 0 spiro atoms. The molecule has 1 aromatic heterocycles. The Kier molecular flexibility index (Phi) is 6.49. The van der Waals surface area contributed by atoms with Crippen molar-refractivity contribution in [2.24, 2.45) is 0 Å². The van der Waals surface area contributed by atoms with Crippen molar-refractivity contribution in [1.82, 2.24) is 9.88 Å². The second kappa shape index (κ2) is 9.24. The number of carbonyl (C=O) groups excluding carboxylic acids is 1. The van der Waals surface area contributed by atoms with Gasteiger partial charge in [0.15, 0.2) is 0 Å². The highest BCUT2D eigenvalue weighted by Crippen LogP contribution is 2.24. The first-order valence-corrected chi connectivity index (χ1v) is 9.65. The van der Waals surface area contributed by atoms with Gasteiger partial charge in [0.05, 0.1) is 7.11 Å². The van der Waals surface area contributed by atoms with E-state index >= 15 is 0 Å². The average Bonchev–Trinajstić information content (AvgIpc) is 2.73. The van der Waals surface area contributed by atoms with Crippen LogP contribution in [0.15, 0.2) is 78.0 Å². The van der Waals surface area contributed by atoms with Crippen LogP contribution in [0.1, 0.15) is 21.5 Å². The van der Waals surface area contributed by atoms with E-state index in [-0.39, 0.29) is 5.91 Å². The zero-order valence-electron chi connectivity index (χ0n) is 15.5. The number of para-hydroxylation sites is 1. The van der Waals surface area contributed by atoms with E-state index in [1.165, 1.54) is 5.56 Å². The van der Waals surface area contributed by atoms with Gasteiger partial charge in [0.25, 0.3) is 5.91 Å². The fourth-order valence-corrected chi connectivity index (χ4v) is 3.56. The van der Waals surface area contributed by atoms with Gasteiger partial charge in [-0.2, -0.15) is 0 Å². The molecule has 0 saturated carbocycles. The van der Waals surface area contributed by atoms with E-state index in [0.717, 1.165) is 22.0 Å². The normalized spacial score (nSPS) is 10.4. The molecular formula is C22H22N2O2S. The van der Waals surface area contributed by atoms with Crippen LogP contribution in [0.3, 0.4) is 0 Å². The number of rotatable bonds is 7. The third kappa shape index (κ3) is 5.11. The lowest BCUT2D eigenvalue weighted by Crippen LogP contribution is -2.26. The zero-order valence-corrected chi connectivity index (χ0v) is 16.3. The van der Waals surface area contributed by atoms with Crippen molar-refractivity contribution >= 4 is 17.7 Å². The molecule has 138 valence electrons. The van der Waals surface area contributed by atoms with Gasteiger partial charge in [0.1, 0.15) is 5.75 Å². The minimum absolute atomic E-state index is 0.00952. The van der Waals surface area contributed by atoms with Gasteiger partial charge >= 0.3 is 0 Å². The first kappa shape index (κ1) is 19.0. The number of amides is 1. The fraction of sp³-hybridized carbons (Fsp3) is 0.182. The van der Waals surface area contributed by atoms with Gasteiger partial charge in [-0.1, -0.05) is 24.3 Å². The van der Waals surface area contributed by atoms with Crippen LogP contribution < -0.4 is 4.74 Å². The van der Waals surface area contributed by atoms with Crippen molar-refractivity contribution in [3.8, 4) is 5.75 Å². The van der Waals surface area contributed by atoms with Gasteiger partial charge in [-0.05, 0) is 42.0 Å². The number of pyridine rings is 1. The summed E-state index contributed by atoms with van der Waals surface area (Å²) in [6.07, 6.45) is 3.65. The molecule has 0 N–H and O–H groups in total. The second-order valence-corrected chi connectivity index (χ2v) is 7.20. The number of aromatic nitrogens is 1. The Morgan fingerprint density at radius 3 is 2.56 bits per heavy atom. The first-order chi connectivity index (χ1) is 13.2. The molecular weight excluding hydrogens is 356 g/mol. The monoisotopic (exact) mass is 378 g/mol. The van der Waals surface area contributed by atoms with Gasteiger partial charge in [0.2, 0.25) is 0 Å². The lowest BCUT2D eigenvalue weighted by molar-refractivity contribution is 0.0784. The number of hydrogen-bond donors (Lipinski definition) is 0. The van der Waals surface area contributed by atoms with Crippen LogP contribution in [-0.4, -0.2) is 29.9 Å². The first-order valence-electron chi connectivity index (χ1n) is 8.66. The van der Waals surface area contributed by atoms with Crippen LogP contribution in [0.2, 0.25) is 0 Å². The smallest absolute Gasteiger partial charge is 0.253 e. The van der Waals surface area contributed by atoms with Crippen molar-refractivity contribution in [2.75, 3.05) is 14.2 Å². The highest BCUT2D eigenvalue weighted by Gasteiger charge is 2.14. The van der Waals surface area contributed by atoms with E-state index in [9.17, 15) is 4.79 Å². The molecule has 0 bridgehead atoms. The van der Waals surface area contributed by atoms with E-state index in [1.54, 1.807) is 37.0 Å². The predicted octanol–water partition coefficient (Wildman–Crippen LogP) is 4.65. The lowest BCUT2D eigenvalue weighted by atomic mass is 10.1. The quantitative estimate of drug-likeness (QED) is 0.561. The molecule has 0 unspecified atom stereocenters. The Labute approximate surface area is 164 Å². The van der Waals surface area contributed by atoms with E-state index in [2.05, 4.69) is 11.1 Å². The lowest BCUT2D eigenvalue weighted by Gasteiger charge is -2.19. The van der Waals surface area contributed by atoms with E-state index in [4.69, 9.17) is 4.74 Å². The van der Waals surface area contributed by atoms with E-state index < -0.39 is 0 Å². The summed E-state index contributed by atoms with van der Waals surface area (Å²) in [7, 11) is 3.45. The number of thioether (sulfide) groups is 1. The maximum absolute atomic E-state index is 12.7. The summed E-state index contributed by atoms with van der Waals surface area (Å²) in [6, 6.07) is 19.5. The zero-order chi connectivity index (χ0) is 19.1. The van der Waals surface area contributed by atoms with Crippen LogP contribution in [0.5, 0.6) is 5.75 Å². The molecule has 2 aromatic carbocycles. The number of benzene rings is 2. The topological polar surface area (TPSA) is 42.4 Å². The second-order valence-electron chi connectivity index (χ2n) is 6.15. The van der Waals surface area contributed by atoms with E-state index in [0.29, 0.717) is 12.1 Å². The predicted molar refractivity (Wildman–Crippen MR) is 109 cm³/mol. The summed E-state index contributed by atoms with van der Waals surface area (Å²) in [4.78, 5) is 19.7. The molecule has 0 aliphatic heterocycles. The molecule has 0 radical (unpaired) electrons. The van der Waals surface area contributed by atoms with Crippen LogP contribution in [0, 0.1) is 0 Å². The van der Waals surface area contributed by atoms with Crippen molar-refractivity contribution < 1.29 is 9.53 Å². The highest BCUT2D eigenvalue weighted by atomic mass is 32.2. The van der Waals surface area contributed by atoms with Crippen LogP contribution >= 0.6 is 11.8 Å². The van der Waals surface area contributed by atoms with Gasteiger partial charge in [-0.3, -0.25) is 9.78 Å². The minimum atomic E-state index is -0.00952. The van der Waals surface area contributed by atoms with Crippen molar-refractivity contribution in [2.45, 2.75) is 17.2 Å². The largest absolute Gasteiger partial charge is 0.496 e. The SMILES string of the molecule is COc1ccccc1CN(C)C(=O)c1ccc(SCc2cccnc2)cc1. The molecule has 3 aromatic rings. The molecule has 3 rings (SSSR count).